The molecule has 1 fully saturated rings. The predicted molar refractivity (Wildman–Crippen MR) is 111 cm³/mol. The zero-order chi connectivity index (χ0) is 22.1. The van der Waals surface area contributed by atoms with Crippen molar-refractivity contribution in [3.8, 4) is 0 Å². The third kappa shape index (κ3) is 4.97. The number of hydrogen-bond donors (Lipinski definition) is 2. The average Bonchev–Trinajstić information content (AvgIpc) is 2.68. The van der Waals surface area contributed by atoms with Crippen LogP contribution in [0, 0.1) is 17.6 Å². The van der Waals surface area contributed by atoms with Gasteiger partial charge in [0, 0.05) is 24.0 Å². The fraction of sp³-hybridized carbons (Fsp3) is 0.278. The minimum absolute atomic E-state index is 0.0150. The number of nitrogens with zero attached hydrogens (tertiary/aromatic N) is 1. The Hall–Kier alpha value is -1.65. The van der Waals surface area contributed by atoms with Crippen molar-refractivity contribution in [1.82, 2.24) is 9.73 Å². The second kappa shape index (κ2) is 9.23. The summed E-state index contributed by atoms with van der Waals surface area (Å²) in [6.07, 6.45) is 0.400. The van der Waals surface area contributed by atoms with Crippen LogP contribution in [0.5, 0.6) is 0 Å². The normalized spacial score (nSPS) is 15.8. The van der Waals surface area contributed by atoms with E-state index in [4.69, 9.17) is 34.8 Å². The molecule has 0 aromatic heterocycles. The Balaban J connectivity index is 1.61. The van der Waals surface area contributed by atoms with E-state index in [1.165, 1.54) is 12.1 Å². The lowest BCUT2D eigenvalue weighted by molar-refractivity contribution is -0.125. The third-order valence-corrected chi connectivity index (χ3v) is 7.38. The molecule has 162 valence electrons. The SMILES string of the molecule is O=C(NNc1c(Cl)cc(Cl)cc1Cl)C1CCN(S(=O)(=O)c2cc(F)ccc2F)CC1. The number of carbonyl (C=O) groups is 1. The van der Waals surface area contributed by atoms with E-state index in [-0.39, 0.29) is 47.6 Å². The van der Waals surface area contributed by atoms with Crippen molar-refractivity contribution in [2.24, 2.45) is 5.92 Å². The molecule has 0 aliphatic carbocycles. The zero-order valence-electron chi connectivity index (χ0n) is 15.3. The number of carbonyl (C=O) groups excluding carboxylic acids is 1. The molecular weight excluding hydrogens is 483 g/mol. The van der Waals surface area contributed by atoms with Crippen molar-refractivity contribution in [2.75, 3.05) is 18.5 Å². The molecule has 0 bridgehead atoms. The minimum atomic E-state index is -4.21. The fourth-order valence-corrected chi connectivity index (χ4v) is 5.52. The van der Waals surface area contributed by atoms with Crippen molar-refractivity contribution in [3.05, 3.63) is 57.0 Å². The summed E-state index contributed by atoms with van der Waals surface area (Å²) in [5, 5.41) is 0.766. The lowest BCUT2D eigenvalue weighted by Crippen LogP contribution is -2.44. The third-order valence-electron chi connectivity index (χ3n) is 4.65. The largest absolute Gasteiger partial charge is 0.296 e. The molecule has 2 N–H and O–H groups in total. The van der Waals surface area contributed by atoms with Gasteiger partial charge in [-0.1, -0.05) is 34.8 Å². The molecule has 3 rings (SSSR count). The van der Waals surface area contributed by atoms with Crippen LogP contribution >= 0.6 is 34.8 Å². The number of nitrogens with one attached hydrogen (secondary N) is 2. The van der Waals surface area contributed by atoms with Gasteiger partial charge in [0.25, 0.3) is 0 Å². The monoisotopic (exact) mass is 497 g/mol. The summed E-state index contributed by atoms with van der Waals surface area (Å²) in [4.78, 5) is 11.7. The maximum atomic E-state index is 13.9. The van der Waals surface area contributed by atoms with Crippen LogP contribution in [0.1, 0.15) is 12.8 Å². The van der Waals surface area contributed by atoms with Gasteiger partial charge in [-0.3, -0.25) is 15.6 Å². The second-order valence-electron chi connectivity index (χ2n) is 6.61. The van der Waals surface area contributed by atoms with Crippen LogP contribution in [0.2, 0.25) is 15.1 Å². The van der Waals surface area contributed by atoms with Gasteiger partial charge >= 0.3 is 0 Å². The lowest BCUT2D eigenvalue weighted by atomic mass is 9.98. The molecule has 2 aromatic rings. The van der Waals surface area contributed by atoms with E-state index >= 15 is 0 Å². The highest BCUT2D eigenvalue weighted by Gasteiger charge is 2.33. The molecule has 1 amide bonds. The van der Waals surface area contributed by atoms with Gasteiger partial charge in [0.15, 0.2) is 0 Å². The molecule has 1 aliphatic heterocycles. The van der Waals surface area contributed by atoms with Gasteiger partial charge in [-0.2, -0.15) is 4.31 Å². The van der Waals surface area contributed by atoms with Crippen LogP contribution in [0.4, 0.5) is 14.5 Å². The topological polar surface area (TPSA) is 78.5 Å². The zero-order valence-corrected chi connectivity index (χ0v) is 18.3. The molecule has 30 heavy (non-hydrogen) atoms. The van der Waals surface area contributed by atoms with Crippen LogP contribution in [0.3, 0.4) is 0 Å². The summed E-state index contributed by atoms with van der Waals surface area (Å²) in [5.74, 6) is -2.76. The molecule has 12 heteroatoms. The summed E-state index contributed by atoms with van der Waals surface area (Å²) >= 11 is 17.9. The fourth-order valence-electron chi connectivity index (χ4n) is 3.06. The summed E-state index contributed by atoms with van der Waals surface area (Å²) in [6, 6.07) is 5.17. The highest BCUT2D eigenvalue weighted by Crippen LogP contribution is 2.33. The number of halogens is 5. The van der Waals surface area contributed by atoms with Crippen LogP contribution < -0.4 is 10.9 Å². The summed E-state index contributed by atoms with van der Waals surface area (Å²) in [6.45, 7) is -0.0301. The van der Waals surface area contributed by atoms with Gasteiger partial charge in [-0.25, -0.2) is 17.2 Å². The highest BCUT2D eigenvalue weighted by molar-refractivity contribution is 7.89. The lowest BCUT2D eigenvalue weighted by Gasteiger charge is -2.30. The molecule has 0 atom stereocenters. The first-order chi connectivity index (χ1) is 14.1. The van der Waals surface area contributed by atoms with E-state index in [9.17, 15) is 22.0 Å². The Morgan fingerprint density at radius 1 is 1.03 bits per heavy atom. The first-order valence-corrected chi connectivity index (χ1v) is 11.3. The van der Waals surface area contributed by atoms with E-state index in [1.54, 1.807) is 0 Å². The van der Waals surface area contributed by atoms with Crippen LogP contribution in [0.15, 0.2) is 35.2 Å². The van der Waals surface area contributed by atoms with Crippen LogP contribution in [-0.4, -0.2) is 31.7 Å². The number of anilines is 1. The van der Waals surface area contributed by atoms with Gasteiger partial charge in [0.05, 0.1) is 15.7 Å². The van der Waals surface area contributed by atoms with Crippen LogP contribution in [0.25, 0.3) is 0 Å². The Kier molecular flexibility index (Phi) is 7.09. The van der Waals surface area contributed by atoms with Crippen molar-refractivity contribution in [2.45, 2.75) is 17.7 Å². The van der Waals surface area contributed by atoms with Crippen molar-refractivity contribution in [3.63, 3.8) is 0 Å². The number of rotatable bonds is 5. The number of amides is 1. The first kappa shape index (κ1) is 23.0. The van der Waals surface area contributed by atoms with E-state index in [0.29, 0.717) is 11.1 Å². The maximum absolute atomic E-state index is 13.9. The van der Waals surface area contributed by atoms with Gasteiger partial charge in [0.1, 0.15) is 16.5 Å². The van der Waals surface area contributed by atoms with E-state index in [0.717, 1.165) is 16.4 Å². The maximum Gasteiger partial charge on any atom is 0.246 e. The van der Waals surface area contributed by atoms with Gasteiger partial charge in [-0.15, -0.1) is 0 Å². The average molecular weight is 499 g/mol. The Labute approximate surface area is 187 Å². The summed E-state index contributed by atoms with van der Waals surface area (Å²) < 4.78 is 53.6. The molecule has 0 saturated carbocycles. The smallest absolute Gasteiger partial charge is 0.246 e. The molecule has 6 nitrogen and oxygen atoms in total. The Morgan fingerprint density at radius 2 is 1.63 bits per heavy atom. The van der Waals surface area contributed by atoms with E-state index in [2.05, 4.69) is 10.9 Å². The Bertz CT molecular complexity index is 1050. The summed E-state index contributed by atoms with van der Waals surface area (Å²) in [5.41, 5.74) is 5.41. The quantitative estimate of drug-likeness (QED) is 0.596. The molecule has 1 saturated heterocycles. The van der Waals surface area contributed by atoms with Crippen molar-refractivity contribution < 1.29 is 22.0 Å². The number of hydrogen-bond acceptors (Lipinski definition) is 4. The first-order valence-electron chi connectivity index (χ1n) is 8.75. The number of piperidine rings is 1. The van der Waals surface area contributed by atoms with Gasteiger partial charge in [-0.05, 0) is 43.2 Å². The molecule has 0 radical (unpaired) electrons. The van der Waals surface area contributed by atoms with Gasteiger partial charge < -0.3 is 0 Å². The summed E-state index contributed by atoms with van der Waals surface area (Å²) in [7, 11) is -4.21. The Morgan fingerprint density at radius 3 is 2.23 bits per heavy atom. The second-order valence-corrected chi connectivity index (χ2v) is 9.77. The standard InChI is InChI=1S/C18H16Cl3F2N3O3S/c19-11-7-13(20)17(14(21)8-11)24-25-18(27)10-3-5-26(6-4-10)30(28,29)16-9-12(22)1-2-15(16)23/h1-2,7-10,24H,3-6H2,(H,25,27). The number of benzene rings is 2. The molecule has 1 heterocycles. The molecule has 0 unspecified atom stereocenters. The number of sulfonamides is 1. The van der Waals surface area contributed by atoms with E-state index in [1.807, 2.05) is 0 Å². The molecular formula is C18H16Cl3F2N3O3S. The minimum Gasteiger partial charge on any atom is -0.296 e. The molecule has 1 aliphatic rings. The van der Waals surface area contributed by atoms with Crippen LogP contribution in [-0.2, 0) is 14.8 Å². The predicted octanol–water partition coefficient (Wildman–Crippen LogP) is 4.47. The number of hydrazine groups is 1. The van der Waals surface area contributed by atoms with Crippen molar-refractivity contribution in [1.29, 1.82) is 0 Å². The van der Waals surface area contributed by atoms with Gasteiger partial charge in [0.2, 0.25) is 15.9 Å². The van der Waals surface area contributed by atoms with Crippen molar-refractivity contribution >= 4 is 56.4 Å². The van der Waals surface area contributed by atoms with E-state index < -0.39 is 32.5 Å². The molecule has 0 spiro atoms. The molecule has 2 aromatic carbocycles. The highest BCUT2D eigenvalue weighted by atomic mass is 35.5.